The SMILES string of the molecule is C.C.C.C.Cc1ccc2c(n1)oc1c(N3c4cccnc4N(c4ccccc4)C3C)c(C)ccc12.Cc1ccc2c(n1)oc1c(N3c4ncccc4N(c4ccccc4)C3C)c(C)ccc12.Cc1ccc2c(n1)oc1c(N3c4nccnc4N(C(C)C)C3C)c(C)ccc12.Cc1ccc2c(n1)oc1c(N3c4nccnc4N(c4ccccc4)C3C)c(C)ccc12. The van der Waals surface area contributed by atoms with Gasteiger partial charge in [0.1, 0.15) is 24.7 Å². The molecule has 4 aliphatic heterocycles. The standard InChI is InChI=1S/2C26H22N4O.C25H21N5O.C22H23N5O.4CH4/c1-16-11-13-20-21-14-12-17(2)28-26(21)31-24(20)23(16)30-18(3)29(19-8-5-4-6-9-19)25-22(30)10-7-15-27-25;1-16-11-13-20-21-14-12-17(2)28-26(21)31-24(20)23(16)30-18(3)29(19-8-5-4-6-9-19)22-10-7-15-27-25(22)30;1-15-9-11-19-20-12-10-16(2)28-25(20)31-22(19)21(15)30-17(3)29(18-7-5-4-6-8-18)23-24(30)27-14-13-26-23;1-12(2)26-15(5)27(21-20(26)23-10-11-24-21)18-13(3)6-8-16-17-9-7-14(4)25-22(17)28-19(16)18;;;;/h2*4-15,18H,1-3H3;4-14,17H,1-3H3;6-12,15H,1-5H3;4*1H4. The van der Waals surface area contributed by atoms with E-state index in [0.29, 0.717) is 28.9 Å². The van der Waals surface area contributed by atoms with Gasteiger partial charge in [-0.3, -0.25) is 14.7 Å². The van der Waals surface area contributed by atoms with Crippen LogP contribution in [0.2, 0.25) is 0 Å². The molecule has 630 valence electrons. The second-order valence-corrected chi connectivity index (χ2v) is 31.8. The Morgan fingerprint density at radius 1 is 0.248 bits per heavy atom. The van der Waals surface area contributed by atoms with Gasteiger partial charge < -0.3 is 42.2 Å². The van der Waals surface area contributed by atoms with Gasteiger partial charge in [0.05, 0.1) is 34.1 Å². The summed E-state index contributed by atoms with van der Waals surface area (Å²) in [6.07, 6.45) is 10.8. The zero-order valence-electron chi connectivity index (χ0n) is 69.7. The second-order valence-electron chi connectivity index (χ2n) is 31.8. The molecule has 12 aromatic heterocycles. The van der Waals surface area contributed by atoms with Crippen molar-refractivity contribution in [2.75, 3.05) is 39.2 Å². The molecule has 0 aliphatic carbocycles. The molecule has 0 amide bonds. The van der Waals surface area contributed by atoms with Crippen LogP contribution in [0, 0.1) is 55.4 Å². The average Bonchev–Trinajstić information content (AvgIpc) is 1.61. The number of nitrogens with zero attached hydrogens (tertiary/aromatic N) is 18. The van der Waals surface area contributed by atoms with E-state index in [-0.39, 0.29) is 54.4 Å². The van der Waals surface area contributed by atoms with Crippen LogP contribution in [-0.4, -0.2) is 80.5 Å². The predicted molar refractivity (Wildman–Crippen MR) is 513 cm³/mol. The van der Waals surface area contributed by atoms with E-state index in [0.717, 1.165) is 197 Å². The summed E-state index contributed by atoms with van der Waals surface area (Å²) < 4.78 is 25.4. The van der Waals surface area contributed by atoms with Crippen molar-refractivity contribution in [3.05, 3.63) is 295 Å². The zero-order valence-corrected chi connectivity index (χ0v) is 69.7. The molecule has 23 rings (SSSR count). The van der Waals surface area contributed by atoms with Crippen molar-refractivity contribution >= 4 is 174 Å². The lowest BCUT2D eigenvalue weighted by Crippen LogP contribution is -2.42. The van der Waals surface area contributed by atoms with Gasteiger partial charge in [0.25, 0.3) is 0 Å². The van der Waals surface area contributed by atoms with E-state index in [1.807, 2.05) is 107 Å². The predicted octanol–water partition coefficient (Wildman–Crippen LogP) is 26.9. The van der Waals surface area contributed by atoms with Crippen LogP contribution < -0.4 is 39.2 Å². The molecule has 0 fully saturated rings. The molecule has 4 unspecified atom stereocenters. The van der Waals surface area contributed by atoms with E-state index < -0.39 is 0 Å². The highest BCUT2D eigenvalue weighted by Crippen LogP contribution is 2.55. The number of rotatable bonds is 8. The van der Waals surface area contributed by atoms with Gasteiger partial charge in [-0.1, -0.05) is 133 Å². The lowest BCUT2D eigenvalue weighted by molar-refractivity contribution is 0.597. The molecular weight excluding hydrogens is 1550 g/mol. The first-order valence-electron chi connectivity index (χ1n) is 41.0. The largest absolute Gasteiger partial charge is 0.435 e. The third-order valence-corrected chi connectivity index (χ3v) is 23.7. The summed E-state index contributed by atoms with van der Waals surface area (Å²) in [5.74, 6) is 5.30. The van der Waals surface area contributed by atoms with Gasteiger partial charge in [0.2, 0.25) is 22.9 Å². The monoisotopic (exact) mass is 1660 g/mol. The number of pyridine rings is 6. The first-order valence-corrected chi connectivity index (χ1v) is 41.0. The van der Waals surface area contributed by atoms with Gasteiger partial charge in [0, 0.05) is 126 Å². The second kappa shape index (κ2) is 33.2. The normalized spacial score (nSPS) is 15.4. The van der Waals surface area contributed by atoms with Crippen LogP contribution in [0.15, 0.2) is 267 Å². The van der Waals surface area contributed by atoms with Crippen LogP contribution in [-0.2, 0) is 0 Å². The Balaban J connectivity index is 0.000000122. The van der Waals surface area contributed by atoms with Gasteiger partial charge in [0.15, 0.2) is 57.2 Å². The highest BCUT2D eigenvalue weighted by molar-refractivity contribution is 6.14. The Bertz CT molecular complexity index is 6730. The zero-order chi connectivity index (χ0) is 82.9. The molecule has 125 heavy (non-hydrogen) atoms. The molecule has 4 atom stereocenters. The van der Waals surface area contributed by atoms with Crippen LogP contribution in [0.25, 0.3) is 88.3 Å². The van der Waals surface area contributed by atoms with Crippen molar-refractivity contribution in [1.29, 1.82) is 0 Å². The molecule has 0 N–H and O–H groups in total. The summed E-state index contributed by atoms with van der Waals surface area (Å²) in [6, 6.07) is 73.3. The Morgan fingerprint density at radius 3 is 0.880 bits per heavy atom. The number of hydrogen-bond donors (Lipinski definition) is 0. The number of para-hydroxylation sites is 3. The van der Waals surface area contributed by atoms with E-state index in [4.69, 9.17) is 32.6 Å². The van der Waals surface area contributed by atoms with E-state index in [1.165, 1.54) is 0 Å². The first-order chi connectivity index (χ1) is 58.9. The van der Waals surface area contributed by atoms with E-state index in [1.54, 1.807) is 24.8 Å². The maximum Gasteiger partial charge on any atom is 0.227 e. The van der Waals surface area contributed by atoms with Gasteiger partial charge >= 0.3 is 0 Å². The number of fused-ring (bicyclic) bond motifs is 16. The van der Waals surface area contributed by atoms with Crippen molar-refractivity contribution in [2.45, 2.75) is 157 Å². The van der Waals surface area contributed by atoms with E-state index in [9.17, 15) is 0 Å². The van der Waals surface area contributed by atoms with Gasteiger partial charge in [-0.05, 0) is 228 Å². The van der Waals surface area contributed by atoms with Crippen molar-refractivity contribution < 1.29 is 17.7 Å². The van der Waals surface area contributed by atoms with Crippen LogP contribution >= 0.6 is 0 Å². The molecule has 22 heteroatoms. The number of furan rings is 4. The fourth-order valence-electron chi connectivity index (χ4n) is 18.2. The summed E-state index contributed by atoms with van der Waals surface area (Å²) in [6.45, 7) is 29.5. The average molecular weight is 1660 g/mol. The number of anilines is 15. The Hall–Kier alpha value is -14.8. The van der Waals surface area contributed by atoms with Crippen LogP contribution in [0.5, 0.6) is 0 Å². The lowest BCUT2D eigenvalue weighted by Gasteiger charge is -2.32. The number of aryl methyl sites for hydroxylation is 8. The molecule has 4 aliphatic rings. The van der Waals surface area contributed by atoms with Crippen molar-refractivity contribution in [3.8, 4) is 0 Å². The molecular formula is C103H104N18O4. The van der Waals surface area contributed by atoms with E-state index >= 15 is 0 Å². The Labute approximate surface area is 728 Å². The topological polar surface area (TPSA) is 207 Å². The molecule has 0 bridgehead atoms. The molecule has 0 spiro atoms. The first kappa shape index (κ1) is 83.8. The summed E-state index contributed by atoms with van der Waals surface area (Å²) >= 11 is 0. The summed E-state index contributed by atoms with van der Waals surface area (Å²) in [4.78, 5) is 64.9. The van der Waals surface area contributed by atoms with Gasteiger partial charge in [-0.2, -0.15) is 0 Å². The minimum Gasteiger partial charge on any atom is -0.435 e. The minimum absolute atomic E-state index is 0. The lowest BCUT2D eigenvalue weighted by atomic mass is 10.1. The summed E-state index contributed by atoms with van der Waals surface area (Å²) in [5, 5.41) is 8.42. The molecule has 0 saturated carbocycles. The highest BCUT2D eigenvalue weighted by atomic mass is 16.4. The van der Waals surface area contributed by atoms with Crippen molar-refractivity contribution in [2.24, 2.45) is 0 Å². The molecule has 16 heterocycles. The van der Waals surface area contributed by atoms with Crippen LogP contribution in [0.4, 0.5) is 86.1 Å². The van der Waals surface area contributed by atoms with Crippen LogP contribution in [0.1, 0.15) is 116 Å². The third kappa shape index (κ3) is 13.8. The Morgan fingerprint density at radius 2 is 0.512 bits per heavy atom. The maximum atomic E-state index is 6.37. The summed E-state index contributed by atoms with van der Waals surface area (Å²) in [7, 11) is 0. The molecule has 22 nitrogen and oxygen atoms in total. The fourth-order valence-corrected chi connectivity index (χ4v) is 18.2. The quantitative estimate of drug-likeness (QED) is 0.139. The third-order valence-electron chi connectivity index (χ3n) is 23.7. The fraction of sp³-hybridized carbons (Fsp3) is 0.223. The molecule has 0 saturated heterocycles. The van der Waals surface area contributed by atoms with Gasteiger partial charge in [-0.15, -0.1) is 0 Å². The van der Waals surface area contributed by atoms with Crippen molar-refractivity contribution in [1.82, 2.24) is 49.8 Å². The molecule has 7 aromatic carbocycles. The maximum absolute atomic E-state index is 6.37. The summed E-state index contributed by atoms with van der Waals surface area (Å²) in [5.41, 5.74) is 24.0. The number of hydrogen-bond acceptors (Lipinski definition) is 22. The highest BCUT2D eigenvalue weighted by Gasteiger charge is 2.44. The molecule has 0 radical (unpaired) electrons. The van der Waals surface area contributed by atoms with E-state index in [2.05, 4.69) is 289 Å². The minimum atomic E-state index is -0.0352. The van der Waals surface area contributed by atoms with Crippen molar-refractivity contribution in [3.63, 3.8) is 0 Å². The van der Waals surface area contributed by atoms with Crippen LogP contribution in [0.3, 0.4) is 0 Å². The Kier molecular flexibility index (Phi) is 22.3. The molecule has 19 aromatic rings. The number of benzene rings is 7. The smallest absolute Gasteiger partial charge is 0.227 e. The van der Waals surface area contributed by atoms with Gasteiger partial charge in [-0.25, -0.2) is 49.8 Å². The number of aromatic nitrogens is 10.